The van der Waals surface area contributed by atoms with Crippen molar-refractivity contribution in [1.29, 1.82) is 0 Å². The molecule has 2 nitrogen and oxygen atoms in total. The van der Waals surface area contributed by atoms with Gasteiger partial charge in [-0.2, -0.15) is 0 Å². The van der Waals surface area contributed by atoms with E-state index >= 15 is 0 Å². The molecule has 0 aliphatic carbocycles. The first-order chi connectivity index (χ1) is 25.6. The summed E-state index contributed by atoms with van der Waals surface area (Å²) in [6, 6.07) is 68.7. The van der Waals surface area contributed by atoms with Crippen molar-refractivity contribution in [2.45, 2.75) is 12.1 Å². The van der Waals surface area contributed by atoms with Crippen molar-refractivity contribution in [3.8, 4) is 11.1 Å². The van der Waals surface area contributed by atoms with Gasteiger partial charge in [0.2, 0.25) is 0 Å². The normalized spacial score (nSPS) is 11.1. The number of anilines is 1. The van der Waals surface area contributed by atoms with Crippen LogP contribution in [0.4, 0.5) is 11.4 Å². The van der Waals surface area contributed by atoms with Crippen molar-refractivity contribution in [2.75, 3.05) is 5.32 Å². The first-order valence-corrected chi connectivity index (χ1v) is 22.3. The molecule has 6 heteroatoms. The molecule has 0 fully saturated rings. The topological polar surface area (TPSA) is 26.1 Å². The average Bonchev–Trinajstić information content (AvgIpc) is 3.20. The molecule has 0 spiro atoms. The fourth-order valence-electron chi connectivity index (χ4n) is 6.85. The van der Waals surface area contributed by atoms with Gasteiger partial charge in [0.05, 0.1) is 6.04 Å². The smallest absolute Gasteiger partial charge is 0.0767 e. The van der Waals surface area contributed by atoms with Crippen LogP contribution in [0.2, 0.25) is 0 Å². The Hall–Kier alpha value is -4.72. The molecule has 52 heavy (non-hydrogen) atoms. The number of fused-ring (bicyclic) bond motifs is 2. The molecule has 0 saturated heterocycles. The molecule has 8 aromatic carbocycles. The van der Waals surface area contributed by atoms with Gasteiger partial charge in [0.15, 0.2) is 0 Å². The molecule has 8 rings (SSSR count). The molecular formula is C46H35Cl3CrN2. The van der Waals surface area contributed by atoms with Gasteiger partial charge in [-0.1, -0.05) is 205 Å². The molecule has 0 unspecified atom stereocenters. The summed E-state index contributed by atoms with van der Waals surface area (Å²) in [6.07, 6.45) is 0. The summed E-state index contributed by atoms with van der Waals surface area (Å²) in [7, 11) is 14.8. The summed E-state index contributed by atoms with van der Waals surface area (Å²) in [4.78, 5) is 0. The van der Waals surface area contributed by atoms with Crippen molar-refractivity contribution in [3.63, 3.8) is 0 Å². The van der Waals surface area contributed by atoms with Crippen LogP contribution in [0.25, 0.3) is 38.0 Å². The van der Waals surface area contributed by atoms with Gasteiger partial charge in [-0.05, 0) is 44.3 Å². The Morgan fingerprint density at radius 2 is 0.788 bits per heavy atom. The summed E-state index contributed by atoms with van der Waals surface area (Å²) in [5.41, 5.74) is 9.04. The second kappa shape index (κ2) is 17.2. The van der Waals surface area contributed by atoms with Gasteiger partial charge in [0.25, 0.3) is 0 Å². The van der Waals surface area contributed by atoms with E-state index < -0.39 is 11.4 Å². The Balaban J connectivity index is 0.00000100. The van der Waals surface area contributed by atoms with E-state index in [0.717, 1.165) is 33.6 Å². The third-order valence-corrected chi connectivity index (χ3v) is 9.15. The van der Waals surface area contributed by atoms with E-state index in [9.17, 15) is 0 Å². The summed E-state index contributed by atoms with van der Waals surface area (Å²) in [5.74, 6) is 0. The molecule has 0 bridgehead atoms. The van der Waals surface area contributed by atoms with Crippen molar-refractivity contribution in [2.24, 2.45) is 0 Å². The molecule has 1 N–H and O–H groups in total. The second-order valence-electron chi connectivity index (χ2n) is 12.3. The zero-order valence-corrected chi connectivity index (χ0v) is 31.7. The average molecular weight is 774 g/mol. The number of nitrogens with one attached hydrogen (secondary N) is 1. The zero-order chi connectivity index (χ0) is 35.7. The van der Waals surface area contributed by atoms with Crippen molar-refractivity contribution >= 4 is 63.1 Å². The summed E-state index contributed by atoms with van der Waals surface area (Å²) >= 11 is -1.62. The van der Waals surface area contributed by atoms with Crippen LogP contribution in [0.5, 0.6) is 0 Å². The Kier molecular flexibility index (Phi) is 11.8. The predicted molar refractivity (Wildman–Crippen MR) is 221 cm³/mol. The Morgan fingerprint density at radius 1 is 0.404 bits per heavy atom. The van der Waals surface area contributed by atoms with E-state index in [4.69, 9.17) is 35.5 Å². The van der Waals surface area contributed by atoms with Gasteiger partial charge < -0.3 is 10.6 Å². The molecule has 0 aliphatic heterocycles. The molecule has 0 aromatic heterocycles. The first kappa shape index (κ1) is 35.7. The van der Waals surface area contributed by atoms with Gasteiger partial charge in [0.1, 0.15) is 0 Å². The van der Waals surface area contributed by atoms with E-state index in [1.807, 2.05) is 0 Å². The van der Waals surface area contributed by atoms with Crippen LogP contribution in [-0.2, 0) is 11.4 Å². The SMILES string of the molecule is [Cl][Cr+]([Cl])[Cl].c1ccc(C([N-]c2ccc3ccccc3c2-c2c(NC(c3ccccc3)c3ccccc3)ccc3ccccc23)c2ccccc2)cc1. The number of halogens is 3. The number of hydrogen-bond acceptors (Lipinski definition) is 1. The predicted octanol–water partition coefficient (Wildman–Crippen LogP) is 14.7. The van der Waals surface area contributed by atoms with Crippen LogP contribution in [0.3, 0.4) is 0 Å². The van der Waals surface area contributed by atoms with Gasteiger partial charge in [0, 0.05) is 11.3 Å². The zero-order valence-electron chi connectivity index (χ0n) is 28.1. The summed E-state index contributed by atoms with van der Waals surface area (Å²) in [5, 5.41) is 14.4. The summed E-state index contributed by atoms with van der Waals surface area (Å²) < 4.78 is 0. The van der Waals surface area contributed by atoms with E-state index in [0.29, 0.717) is 0 Å². The standard InChI is InChI=1S/C46H35N2.3ClH.Cr/c1-5-19-35(20-6-1)45(36-21-7-2-8-22-36)47-41-31-29-33-17-13-15-27-39(33)43(41)44-40-28-16-14-18-34(40)30-32-42(44)48-46(37-23-9-3-10-24-37)38-25-11-4-12-26-38;;;;/h1-32,45-47H;3*1H;/q-1;;;;+4/p-3. The van der Waals surface area contributed by atoms with E-state index in [2.05, 4.69) is 199 Å². The minimum atomic E-state index is -1.62. The van der Waals surface area contributed by atoms with Crippen molar-refractivity contribution in [1.82, 2.24) is 0 Å². The maximum Gasteiger partial charge on any atom is 0.0767 e. The molecule has 0 heterocycles. The third kappa shape index (κ3) is 8.32. The fourth-order valence-corrected chi connectivity index (χ4v) is 6.85. The summed E-state index contributed by atoms with van der Waals surface area (Å²) in [6.45, 7) is 0. The molecule has 0 atom stereocenters. The molecule has 256 valence electrons. The van der Waals surface area contributed by atoms with Crippen LogP contribution in [0.15, 0.2) is 194 Å². The second-order valence-corrected chi connectivity index (χ2v) is 18.6. The Bertz CT molecular complexity index is 2110. The van der Waals surface area contributed by atoms with Crippen LogP contribution >= 0.6 is 30.1 Å². The number of rotatable bonds is 9. The maximum absolute atomic E-state index is 5.64. The van der Waals surface area contributed by atoms with Gasteiger partial charge >= 0.3 is 41.5 Å². The molecule has 0 amide bonds. The minimum absolute atomic E-state index is 0.0518. The Labute approximate surface area is 322 Å². The Morgan fingerprint density at radius 3 is 1.27 bits per heavy atom. The molecular weight excluding hydrogens is 739 g/mol. The molecule has 0 saturated carbocycles. The minimum Gasteiger partial charge on any atom is -0.674 e. The van der Waals surface area contributed by atoms with Crippen molar-refractivity contribution in [3.05, 3.63) is 222 Å². The number of benzene rings is 8. The fraction of sp³-hybridized carbons (Fsp3) is 0.0435. The van der Waals surface area contributed by atoms with Gasteiger partial charge in [-0.3, -0.25) is 0 Å². The van der Waals surface area contributed by atoms with E-state index in [-0.39, 0.29) is 12.1 Å². The van der Waals surface area contributed by atoms with Crippen LogP contribution < -0.4 is 5.32 Å². The molecule has 0 aliphatic rings. The maximum atomic E-state index is 5.64. The first-order valence-electron chi connectivity index (χ1n) is 17.0. The van der Waals surface area contributed by atoms with E-state index in [1.165, 1.54) is 32.7 Å². The van der Waals surface area contributed by atoms with Crippen LogP contribution in [-0.4, -0.2) is 0 Å². The molecule has 8 aromatic rings. The molecule has 0 radical (unpaired) electrons. The number of nitrogens with zero attached hydrogens (tertiary/aromatic N) is 1. The van der Waals surface area contributed by atoms with E-state index in [1.54, 1.807) is 0 Å². The quantitative estimate of drug-likeness (QED) is 0.155. The van der Waals surface area contributed by atoms with Gasteiger partial charge in [-0.15, -0.1) is 5.69 Å². The third-order valence-electron chi connectivity index (χ3n) is 9.15. The van der Waals surface area contributed by atoms with Crippen LogP contribution in [0.1, 0.15) is 34.3 Å². The monoisotopic (exact) mass is 772 g/mol. The number of hydrogen-bond donors (Lipinski definition) is 1. The van der Waals surface area contributed by atoms with Gasteiger partial charge in [-0.25, -0.2) is 0 Å². The largest absolute Gasteiger partial charge is 0.674 e. The van der Waals surface area contributed by atoms with Crippen molar-refractivity contribution < 1.29 is 11.4 Å². The van der Waals surface area contributed by atoms with Crippen LogP contribution in [0, 0.1) is 0 Å².